The molecule has 1 aromatic rings. The summed E-state index contributed by atoms with van der Waals surface area (Å²) in [4.78, 5) is 0. The van der Waals surface area contributed by atoms with Crippen molar-refractivity contribution in [3.8, 4) is 0 Å². The van der Waals surface area contributed by atoms with Crippen LogP contribution in [-0.4, -0.2) is 18.7 Å². The highest BCUT2D eigenvalue weighted by atomic mass is 16.3. The van der Waals surface area contributed by atoms with Gasteiger partial charge in [-0.15, -0.1) is 0 Å². The first kappa shape index (κ1) is 11.6. The third-order valence-corrected chi connectivity index (χ3v) is 3.56. The quantitative estimate of drug-likeness (QED) is 0.813. The van der Waals surface area contributed by atoms with Crippen LogP contribution in [0.3, 0.4) is 0 Å². The van der Waals surface area contributed by atoms with Crippen molar-refractivity contribution in [3.63, 3.8) is 0 Å². The van der Waals surface area contributed by atoms with Crippen LogP contribution < -0.4 is 5.32 Å². The summed E-state index contributed by atoms with van der Waals surface area (Å²) in [5, 5.41) is 14.0. The normalized spacial score (nSPS) is 19.5. The lowest BCUT2D eigenvalue weighted by atomic mass is 9.85. The third kappa shape index (κ3) is 2.00. The van der Waals surface area contributed by atoms with E-state index >= 15 is 0 Å². The highest BCUT2D eigenvalue weighted by Crippen LogP contribution is 2.46. The van der Waals surface area contributed by atoms with Crippen LogP contribution in [0.2, 0.25) is 0 Å². The summed E-state index contributed by atoms with van der Waals surface area (Å²) in [7, 11) is 1.90. The van der Waals surface area contributed by atoms with Gasteiger partial charge in [-0.05, 0) is 50.8 Å². The number of benzene rings is 1. The molecule has 0 heterocycles. The van der Waals surface area contributed by atoms with Crippen LogP contribution in [0.25, 0.3) is 0 Å². The Balaban J connectivity index is 2.41. The SMILES string of the molecule is CNCC(O)(c1cc(C)ccc1C)C1CC1. The van der Waals surface area contributed by atoms with Crippen LogP contribution in [0.4, 0.5) is 0 Å². The van der Waals surface area contributed by atoms with Crippen molar-refractivity contribution in [2.45, 2.75) is 32.3 Å². The van der Waals surface area contributed by atoms with Crippen LogP contribution in [0, 0.1) is 19.8 Å². The molecule has 1 aliphatic carbocycles. The summed E-state index contributed by atoms with van der Waals surface area (Å²) >= 11 is 0. The van der Waals surface area contributed by atoms with Crippen molar-refractivity contribution in [1.29, 1.82) is 0 Å². The maximum absolute atomic E-state index is 10.9. The van der Waals surface area contributed by atoms with E-state index in [9.17, 15) is 5.11 Å². The minimum atomic E-state index is -0.676. The molecule has 16 heavy (non-hydrogen) atoms. The number of nitrogens with one attached hydrogen (secondary N) is 1. The summed E-state index contributed by atoms with van der Waals surface area (Å²) in [5.74, 6) is 0.431. The molecule has 1 fully saturated rings. The van der Waals surface area contributed by atoms with Gasteiger partial charge < -0.3 is 10.4 Å². The van der Waals surface area contributed by atoms with Crippen LogP contribution in [0.15, 0.2) is 18.2 Å². The van der Waals surface area contributed by atoms with Gasteiger partial charge in [-0.3, -0.25) is 0 Å². The number of hydrogen-bond donors (Lipinski definition) is 2. The van der Waals surface area contributed by atoms with Crippen molar-refractivity contribution >= 4 is 0 Å². The zero-order chi connectivity index (χ0) is 11.8. The predicted octanol–water partition coefficient (Wildman–Crippen LogP) is 2.12. The van der Waals surface area contributed by atoms with E-state index in [0.717, 1.165) is 18.4 Å². The molecule has 88 valence electrons. The maximum Gasteiger partial charge on any atom is 0.105 e. The molecule has 1 saturated carbocycles. The molecule has 2 N–H and O–H groups in total. The zero-order valence-electron chi connectivity index (χ0n) is 10.4. The molecule has 2 nitrogen and oxygen atoms in total. The van der Waals surface area contributed by atoms with Crippen LogP contribution >= 0.6 is 0 Å². The molecule has 0 aromatic heterocycles. The molecule has 0 radical (unpaired) electrons. The Labute approximate surface area is 97.7 Å². The third-order valence-electron chi connectivity index (χ3n) is 3.56. The minimum Gasteiger partial charge on any atom is -0.384 e. The standard InChI is InChI=1S/C14H21NO/c1-10-4-5-11(2)13(8-10)14(16,9-15-3)12-6-7-12/h4-5,8,12,15-16H,6-7,9H2,1-3H3. The van der Waals surface area contributed by atoms with E-state index in [1.54, 1.807) is 0 Å². The largest absolute Gasteiger partial charge is 0.384 e. The van der Waals surface area contributed by atoms with Crippen molar-refractivity contribution < 1.29 is 5.11 Å². The maximum atomic E-state index is 10.9. The van der Waals surface area contributed by atoms with Crippen LogP contribution in [-0.2, 0) is 5.60 Å². The molecular formula is C14H21NO. The first-order valence-corrected chi connectivity index (χ1v) is 6.02. The van der Waals surface area contributed by atoms with Crippen molar-refractivity contribution in [2.24, 2.45) is 5.92 Å². The Hall–Kier alpha value is -0.860. The Bertz CT molecular complexity index is 384. The monoisotopic (exact) mass is 219 g/mol. The van der Waals surface area contributed by atoms with E-state index in [1.165, 1.54) is 11.1 Å². The van der Waals surface area contributed by atoms with Gasteiger partial charge in [0.2, 0.25) is 0 Å². The van der Waals surface area contributed by atoms with E-state index in [-0.39, 0.29) is 0 Å². The summed E-state index contributed by atoms with van der Waals surface area (Å²) in [6.07, 6.45) is 2.29. The minimum absolute atomic E-state index is 0.431. The lowest BCUT2D eigenvalue weighted by Crippen LogP contribution is -2.39. The molecule has 1 unspecified atom stereocenters. The van der Waals surface area contributed by atoms with Gasteiger partial charge in [0.25, 0.3) is 0 Å². The highest BCUT2D eigenvalue weighted by Gasteiger charge is 2.45. The number of hydrogen-bond acceptors (Lipinski definition) is 2. The number of aryl methyl sites for hydroxylation is 2. The molecule has 0 aliphatic heterocycles. The molecule has 1 atom stereocenters. The molecule has 2 heteroatoms. The van der Waals surface area contributed by atoms with E-state index in [4.69, 9.17) is 0 Å². The highest BCUT2D eigenvalue weighted by molar-refractivity contribution is 5.36. The molecule has 1 aromatic carbocycles. The van der Waals surface area contributed by atoms with Gasteiger partial charge >= 0.3 is 0 Å². The van der Waals surface area contributed by atoms with E-state index in [2.05, 4.69) is 37.4 Å². The molecule has 0 bridgehead atoms. The van der Waals surface area contributed by atoms with Gasteiger partial charge in [0.1, 0.15) is 5.60 Å². The average molecular weight is 219 g/mol. The summed E-state index contributed by atoms with van der Waals surface area (Å²) in [6, 6.07) is 6.34. The zero-order valence-corrected chi connectivity index (χ0v) is 10.4. The fourth-order valence-corrected chi connectivity index (χ4v) is 2.49. The molecule has 0 saturated heterocycles. The Morgan fingerprint density at radius 3 is 2.62 bits per heavy atom. The van der Waals surface area contributed by atoms with Gasteiger partial charge in [-0.25, -0.2) is 0 Å². The number of aliphatic hydroxyl groups is 1. The number of likely N-dealkylation sites (N-methyl/N-ethyl adjacent to an activating group) is 1. The fraction of sp³-hybridized carbons (Fsp3) is 0.571. The second kappa shape index (κ2) is 4.19. The molecule has 1 aliphatic rings. The lowest BCUT2D eigenvalue weighted by molar-refractivity contribution is 0.0147. The first-order valence-electron chi connectivity index (χ1n) is 6.02. The topological polar surface area (TPSA) is 32.3 Å². The van der Waals surface area contributed by atoms with Crippen molar-refractivity contribution in [2.75, 3.05) is 13.6 Å². The fourth-order valence-electron chi connectivity index (χ4n) is 2.49. The Morgan fingerprint density at radius 1 is 1.38 bits per heavy atom. The van der Waals surface area contributed by atoms with Crippen LogP contribution in [0.1, 0.15) is 29.5 Å². The molecule has 2 rings (SSSR count). The van der Waals surface area contributed by atoms with E-state index < -0.39 is 5.60 Å². The van der Waals surface area contributed by atoms with E-state index in [0.29, 0.717) is 12.5 Å². The van der Waals surface area contributed by atoms with Crippen LogP contribution in [0.5, 0.6) is 0 Å². The molecular weight excluding hydrogens is 198 g/mol. The molecule has 0 spiro atoms. The average Bonchev–Trinajstić information content (AvgIpc) is 3.05. The second-order valence-corrected chi connectivity index (χ2v) is 5.05. The lowest BCUT2D eigenvalue weighted by Gasteiger charge is -2.30. The number of rotatable bonds is 4. The second-order valence-electron chi connectivity index (χ2n) is 5.05. The van der Waals surface area contributed by atoms with E-state index in [1.807, 2.05) is 7.05 Å². The predicted molar refractivity (Wildman–Crippen MR) is 66.5 cm³/mol. The van der Waals surface area contributed by atoms with Crippen molar-refractivity contribution in [3.05, 3.63) is 34.9 Å². The molecule has 0 amide bonds. The smallest absolute Gasteiger partial charge is 0.105 e. The summed E-state index contributed by atoms with van der Waals surface area (Å²) < 4.78 is 0. The summed E-state index contributed by atoms with van der Waals surface area (Å²) in [5.41, 5.74) is 2.83. The van der Waals surface area contributed by atoms with Gasteiger partial charge in [-0.1, -0.05) is 23.8 Å². The van der Waals surface area contributed by atoms with Gasteiger partial charge in [0, 0.05) is 6.54 Å². The summed E-state index contributed by atoms with van der Waals surface area (Å²) in [6.45, 7) is 4.80. The Morgan fingerprint density at radius 2 is 2.06 bits per heavy atom. The Kier molecular flexibility index (Phi) is 3.04. The van der Waals surface area contributed by atoms with Gasteiger partial charge in [0.05, 0.1) is 0 Å². The first-order chi connectivity index (χ1) is 7.58. The van der Waals surface area contributed by atoms with Gasteiger partial charge in [0.15, 0.2) is 0 Å². The van der Waals surface area contributed by atoms with Gasteiger partial charge in [-0.2, -0.15) is 0 Å². The van der Waals surface area contributed by atoms with Crippen molar-refractivity contribution in [1.82, 2.24) is 5.32 Å².